The van der Waals surface area contributed by atoms with E-state index in [1.807, 2.05) is 6.92 Å². The van der Waals surface area contributed by atoms with Crippen molar-refractivity contribution >= 4 is 5.96 Å². The highest BCUT2D eigenvalue weighted by Gasteiger charge is 2.33. The first-order chi connectivity index (χ1) is 11.0. The number of ether oxygens (including phenoxy) is 2. The third kappa shape index (κ3) is 5.35. The second-order valence-electron chi connectivity index (χ2n) is 5.84. The molecule has 2 rings (SSSR count). The molecule has 0 atom stereocenters. The highest BCUT2D eigenvalue weighted by atomic mass is 19.3. The van der Waals surface area contributed by atoms with E-state index in [1.165, 1.54) is 6.07 Å². The Bertz CT molecular complexity index is 534. The van der Waals surface area contributed by atoms with Crippen LogP contribution >= 0.6 is 0 Å². The molecular weight excluding hydrogens is 304 g/mol. The van der Waals surface area contributed by atoms with Crippen LogP contribution in [0.2, 0.25) is 0 Å². The van der Waals surface area contributed by atoms with Crippen LogP contribution in [-0.4, -0.2) is 38.9 Å². The first-order valence-corrected chi connectivity index (χ1v) is 7.65. The minimum absolute atomic E-state index is 0.118. The van der Waals surface area contributed by atoms with Crippen LogP contribution < -0.4 is 15.4 Å². The van der Waals surface area contributed by atoms with Gasteiger partial charge in [0, 0.05) is 24.1 Å². The van der Waals surface area contributed by atoms with Gasteiger partial charge >= 0.3 is 6.61 Å². The van der Waals surface area contributed by atoms with Crippen LogP contribution in [0.1, 0.15) is 19.4 Å². The molecule has 7 heteroatoms. The second-order valence-corrected chi connectivity index (χ2v) is 5.84. The molecule has 0 spiro atoms. The molecule has 1 fully saturated rings. The zero-order valence-electron chi connectivity index (χ0n) is 13.4. The number of nitrogens with zero attached hydrogens (tertiary/aromatic N) is 1. The average Bonchev–Trinajstić information content (AvgIpc) is 2.49. The van der Waals surface area contributed by atoms with Crippen LogP contribution in [0.4, 0.5) is 8.78 Å². The molecule has 0 aliphatic carbocycles. The van der Waals surface area contributed by atoms with Crippen molar-refractivity contribution in [2.75, 3.05) is 26.3 Å². The molecule has 23 heavy (non-hydrogen) atoms. The molecule has 0 unspecified atom stereocenters. The summed E-state index contributed by atoms with van der Waals surface area (Å²) in [6, 6.07) is 6.68. The molecule has 0 radical (unpaired) electrons. The van der Waals surface area contributed by atoms with Crippen LogP contribution in [-0.2, 0) is 11.3 Å². The first-order valence-electron chi connectivity index (χ1n) is 7.65. The van der Waals surface area contributed by atoms with Crippen LogP contribution in [0.3, 0.4) is 0 Å². The van der Waals surface area contributed by atoms with Crippen LogP contribution in [0.15, 0.2) is 29.3 Å². The predicted octanol–water partition coefficient (Wildman–Crippen LogP) is 2.38. The fourth-order valence-corrected chi connectivity index (χ4v) is 2.20. The summed E-state index contributed by atoms with van der Waals surface area (Å²) >= 11 is 0. The monoisotopic (exact) mass is 327 g/mol. The van der Waals surface area contributed by atoms with E-state index in [4.69, 9.17) is 4.74 Å². The molecular formula is C16H23F2N3O2. The maximum absolute atomic E-state index is 12.4. The summed E-state index contributed by atoms with van der Waals surface area (Å²) in [7, 11) is 0. The van der Waals surface area contributed by atoms with Gasteiger partial charge < -0.3 is 20.1 Å². The van der Waals surface area contributed by atoms with Crippen molar-refractivity contribution in [3.63, 3.8) is 0 Å². The molecule has 1 heterocycles. The van der Waals surface area contributed by atoms with Gasteiger partial charge in [0.15, 0.2) is 5.96 Å². The van der Waals surface area contributed by atoms with Crippen molar-refractivity contribution in [3.8, 4) is 5.75 Å². The molecule has 1 aromatic rings. The maximum atomic E-state index is 12.4. The SMILES string of the molecule is CCNC(=NCc1ccccc1OC(F)F)NCC1(C)COC1. The summed E-state index contributed by atoms with van der Waals surface area (Å²) in [6.45, 7) is 4.44. The Morgan fingerprint density at radius 3 is 2.70 bits per heavy atom. The van der Waals surface area contributed by atoms with Gasteiger partial charge in [-0.2, -0.15) is 8.78 Å². The molecule has 1 aromatic carbocycles. The summed E-state index contributed by atoms with van der Waals surface area (Å²) in [6.07, 6.45) is 0. The number of alkyl halides is 2. The minimum Gasteiger partial charge on any atom is -0.434 e. The Morgan fingerprint density at radius 1 is 1.35 bits per heavy atom. The number of nitrogens with one attached hydrogen (secondary N) is 2. The number of benzene rings is 1. The van der Waals surface area contributed by atoms with Gasteiger partial charge in [-0.1, -0.05) is 25.1 Å². The van der Waals surface area contributed by atoms with Gasteiger partial charge in [0.2, 0.25) is 0 Å². The van der Waals surface area contributed by atoms with Gasteiger partial charge in [0.05, 0.1) is 19.8 Å². The van der Waals surface area contributed by atoms with E-state index >= 15 is 0 Å². The van der Waals surface area contributed by atoms with E-state index in [0.717, 1.165) is 19.8 Å². The molecule has 1 aliphatic rings. The number of para-hydroxylation sites is 1. The molecule has 2 N–H and O–H groups in total. The van der Waals surface area contributed by atoms with Crippen molar-refractivity contribution in [1.29, 1.82) is 0 Å². The first kappa shape index (κ1) is 17.5. The molecule has 0 amide bonds. The van der Waals surface area contributed by atoms with Crippen LogP contribution in [0, 0.1) is 5.41 Å². The quantitative estimate of drug-likeness (QED) is 0.596. The van der Waals surface area contributed by atoms with Crippen LogP contribution in [0.25, 0.3) is 0 Å². The lowest BCUT2D eigenvalue weighted by molar-refractivity contribution is -0.0971. The second kappa shape index (κ2) is 8.10. The molecule has 0 saturated carbocycles. The number of halogens is 2. The zero-order valence-corrected chi connectivity index (χ0v) is 13.4. The molecule has 1 aliphatic heterocycles. The Kier molecular flexibility index (Phi) is 6.15. The minimum atomic E-state index is -2.84. The Morgan fingerprint density at radius 2 is 2.09 bits per heavy atom. The lowest BCUT2D eigenvalue weighted by Crippen LogP contribution is -2.51. The van der Waals surface area contributed by atoms with Crippen molar-refractivity contribution in [3.05, 3.63) is 29.8 Å². The predicted molar refractivity (Wildman–Crippen MR) is 84.8 cm³/mol. The van der Waals surface area contributed by atoms with E-state index in [9.17, 15) is 8.78 Å². The number of hydrogen-bond donors (Lipinski definition) is 2. The summed E-state index contributed by atoms with van der Waals surface area (Å²) in [4.78, 5) is 4.44. The van der Waals surface area contributed by atoms with E-state index in [0.29, 0.717) is 18.1 Å². The fraction of sp³-hybridized carbons (Fsp3) is 0.562. The zero-order chi connectivity index (χ0) is 16.7. The van der Waals surface area contributed by atoms with Crippen molar-refractivity contribution < 1.29 is 18.3 Å². The van der Waals surface area contributed by atoms with E-state index in [1.54, 1.807) is 18.2 Å². The van der Waals surface area contributed by atoms with E-state index in [-0.39, 0.29) is 17.7 Å². The lowest BCUT2D eigenvalue weighted by Gasteiger charge is -2.38. The summed E-state index contributed by atoms with van der Waals surface area (Å²) < 4.78 is 34.6. The normalized spacial score (nSPS) is 16.8. The lowest BCUT2D eigenvalue weighted by atomic mass is 9.89. The summed E-state index contributed by atoms with van der Waals surface area (Å²) in [5.41, 5.74) is 0.732. The number of guanidine groups is 1. The average molecular weight is 327 g/mol. The Labute approximate surface area is 135 Å². The Hall–Kier alpha value is -1.89. The molecule has 0 bridgehead atoms. The van der Waals surface area contributed by atoms with Crippen molar-refractivity contribution in [1.82, 2.24) is 10.6 Å². The number of hydrogen-bond acceptors (Lipinski definition) is 3. The van der Waals surface area contributed by atoms with E-state index < -0.39 is 6.61 Å². The van der Waals surface area contributed by atoms with Gasteiger partial charge in [0.1, 0.15) is 5.75 Å². The van der Waals surface area contributed by atoms with E-state index in [2.05, 4.69) is 27.3 Å². The summed E-state index contributed by atoms with van der Waals surface area (Å²) in [5.74, 6) is 0.800. The molecule has 0 aromatic heterocycles. The smallest absolute Gasteiger partial charge is 0.387 e. The van der Waals surface area contributed by atoms with Gasteiger partial charge in [-0.15, -0.1) is 0 Å². The highest BCUT2D eigenvalue weighted by molar-refractivity contribution is 5.79. The van der Waals surface area contributed by atoms with Crippen LogP contribution in [0.5, 0.6) is 5.75 Å². The molecule has 1 saturated heterocycles. The number of aliphatic imine (C=N–C) groups is 1. The van der Waals surface area contributed by atoms with Crippen molar-refractivity contribution in [2.24, 2.45) is 10.4 Å². The maximum Gasteiger partial charge on any atom is 0.387 e. The van der Waals surface area contributed by atoms with Gasteiger partial charge in [-0.3, -0.25) is 0 Å². The Balaban J connectivity index is 1.99. The topological polar surface area (TPSA) is 54.9 Å². The van der Waals surface area contributed by atoms with Crippen molar-refractivity contribution in [2.45, 2.75) is 27.0 Å². The largest absolute Gasteiger partial charge is 0.434 e. The van der Waals surface area contributed by atoms with Gasteiger partial charge in [-0.25, -0.2) is 4.99 Å². The molecule has 5 nitrogen and oxygen atoms in total. The number of rotatable bonds is 7. The fourth-order valence-electron chi connectivity index (χ4n) is 2.20. The standard InChI is InChI=1S/C16H23F2N3O2/c1-3-19-15(21-9-16(2)10-22-11-16)20-8-12-6-4-5-7-13(12)23-14(17)18/h4-7,14H,3,8-11H2,1-2H3,(H2,19,20,21). The third-order valence-corrected chi connectivity index (χ3v) is 3.52. The molecule has 128 valence electrons. The van der Waals surface area contributed by atoms with Gasteiger partial charge in [0.25, 0.3) is 0 Å². The summed E-state index contributed by atoms with van der Waals surface area (Å²) in [5, 5.41) is 6.41. The van der Waals surface area contributed by atoms with Gasteiger partial charge in [-0.05, 0) is 13.0 Å². The highest BCUT2D eigenvalue weighted by Crippen LogP contribution is 2.25. The third-order valence-electron chi connectivity index (χ3n) is 3.52.